The second-order valence-corrected chi connectivity index (χ2v) is 9.58. The van der Waals surface area contributed by atoms with Crippen LogP contribution < -0.4 is 9.47 Å². The van der Waals surface area contributed by atoms with E-state index in [1.54, 1.807) is 19.4 Å². The Kier molecular flexibility index (Phi) is 7.01. The van der Waals surface area contributed by atoms with Gasteiger partial charge in [0.15, 0.2) is 0 Å². The molecule has 0 spiro atoms. The Morgan fingerprint density at radius 3 is 2.47 bits per heavy atom. The van der Waals surface area contributed by atoms with Gasteiger partial charge in [0.1, 0.15) is 17.1 Å². The van der Waals surface area contributed by atoms with Crippen LogP contribution in [0.5, 0.6) is 11.5 Å². The Balaban J connectivity index is 1.74. The molecule has 2 heterocycles. The smallest absolute Gasteiger partial charge is 0.246 e. The zero-order valence-corrected chi connectivity index (χ0v) is 21.1. The number of methoxy groups -OCH3 is 1. The number of rotatable bonds is 6. The minimum atomic E-state index is 0.0645. The third-order valence-corrected chi connectivity index (χ3v) is 6.67. The Morgan fingerprint density at radius 2 is 1.85 bits per heavy atom. The second-order valence-electron chi connectivity index (χ2n) is 9.58. The Hall–Kier alpha value is -3.21. The maximum Gasteiger partial charge on any atom is 0.246 e. The molecule has 2 atom stereocenters. The van der Waals surface area contributed by atoms with E-state index in [1.165, 1.54) is 6.42 Å². The first kappa shape index (κ1) is 23.9. The lowest BCUT2D eigenvalue weighted by atomic mass is 9.91. The van der Waals surface area contributed by atoms with Crippen molar-refractivity contribution in [1.82, 2.24) is 4.90 Å². The first-order valence-corrected chi connectivity index (χ1v) is 12.1. The van der Waals surface area contributed by atoms with Crippen LogP contribution in [-0.2, 0) is 4.79 Å². The molecule has 1 aliphatic rings. The van der Waals surface area contributed by atoms with Crippen LogP contribution in [0, 0.1) is 18.8 Å². The number of furan rings is 1. The molecule has 1 amide bonds. The van der Waals surface area contributed by atoms with Crippen LogP contribution in [0.4, 0.5) is 0 Å². The standard InChI is InChI=1S/C29H35NO4/c1-7-33-23-10-8-22(9-11-23)26-17-34-29-21(5)28(32-6)24(14-25(26)29)20(4)13-27(31)30-15-18(2)12-19(3)16-30/h8-11,13-14,17-19H,7,12,15-16H2,1-6H3/b20-13+. The highest BCUT2D eigenvalue weighted by Gasteiger charge is 2.25. The summed E-state index contributed by atoms with van der Waals surface area (Å²) in [6, 6.07) is 10.1. The molecule has 5 nitrogen and oxygen atoms in total. The molecule has 1 saturated heterocycles. The van der Waals surface area contributed by atoms with Crippen LogP contribution in [0.15, 0.2) is 47.1 Å². The lowest BCUT2D eigenvalue weighted by Crippen LogP contribution is -2.41. The van der Waals surface area contributed by atoms with Gasteiger partial charge in [-0.25, -0.2) is 0 Å². The average molecular weight is 462 g/mol. The number of benzene rings is 2. The van der Waals surface area contributed by atoms with Gasteiger partial charge in [0.05, 0.1) is 20.0 Å². The van der Waals surface area contributed by atoms with Gasteiger partial charge in [0, 0.05) is 41.2 Å². The van der Waals surface area contributed by atoms with Crippen molar-refractivity contribution in [1.29, 1.82) is 0 Å². The second kappa shape index (κ2) is 9.96. The summed E-state index contributed by atoms with van der Waals surface area (Å²) in [6.07, 6.45) is 4.72. The molecular weight excluding hydrogens is 426 g/mol. The van der Waals surface area contributed by atoms with E-state index in [2.05, 4.69) is 19.9 Å². The van der Waals surface area contributed by atoms with E-state index in [0.717, 1.165) is 63.4 Å². The van der Waals surface area contributed by atoms with Crippen molar-refractivity contribution in [2.24, 2.45) is 11.8 Å². The first-order valence-electron chi connectivity index (χ1n) is 12.1. The Labute approximate surface area is 202 Å². The fourth-order valence-corrected chi connectivity index (χ4v) is 5.19. The quantitative estimate of drug-likeness (QED) is 0.382. The van der Waals surface area contributed by atoms with Gasteiger partial charge in [-0.05, 0) is 68.4 Å². The fourth-order valence-electron chi connectivity index (χ4n) is 5.19. The van der Waals surface area contributed by atoms with Crippen molar-refractivity contribution in [3.05, 3.63) is 53.8 Å². The van der Waals surface area contributed by atoms with Gasteiger partial charge in [-0.2, -0.15) is 0 Å². The zero-order valence-electron chi connectivity index (χ0n) is 21.1. The Bertz CT molecular complexity index is 1200. The third-order valence-electron chi connectivity index (χ3n) is 6.67. The molecule has 2 unspecified atom stereocenters. The summed E-state index contributed by atoms with van der Waals surface area (Å²) >= 11 is 0. The van der Waals surface area contributed by atoms with Gasteiger partial charge in [-0.15, -0.1) is 0 Å². The van der Waals surface area contributed by atoms with Crippen LogP contribution in [0.3, 0.4) is 0 Å². The van der Waals surface area contributed by atoms with E-state index >= 15 is 0 Å². The van der Waals surface area contributed by atoms with Crippen molar-refractivity contribution in [3.63, 3.8) is 0 Å². The predicted octanol–water partition coefficient (Wildman–Crippen LogP) is 6.72. The van der Waals surface area contributed by atoms with Crippen molar-refractivity contribution in [3.8, 4) is 22.6 Å². The van der Waals surface area contributed by atoms with Crippen molar-refractivity contribution in [2.45, 2.75) is 41.0 Å². The molecule has 0 saturated carbocycles. The number of carbonyl (C=O) groups excluding carboxylic acids is 1. The monoisotopic (exact) mass is 461 g/mol. The maximum atomic E-state index is 13.1. The molecule has 4 rings (SSSR count). The van der Waals surface area contributed by atoms with Crippen LogP contribution in [0.25, 0.3) is 27.7 Å². The summed E-state index contributed by atoms with van der Waals surface area (Å²) in [6.45, 7) is 12.6. The van der Waals surface area contributed by atoms with E-state index in [4.69, 9.17) is 13.9 Å². The highest BCUT2D eigenvalue weighted by Crippen LogP contribution is 2.41. The van der Waals surface area contributed by atoms with Crippen LogP contribution in [0.2, 0.25) is 0 Å². The largest absolute Gasteiger partial charge is 0.496 e. The number of carbonyl (C=O) groups is 1. The number of hydrogen-bond acceptors (Lipinski definition) is 4. The number of aryl methyl sites for hydroxylation is 1. The molecule has 1 fully saturated rings. The van der Waals surface area contributed by atoms with E-state index in [0.29, 0.717) is 18.4 Å². The summed E-state index contributed by atoms with van der Waals surface area (Å²) in [4.78, 5) is 15.1. The summed E-state index contributed by atoms with van der Waals surface area (Å²) < 4.78 is 17.3. The average Bonchev–Trinajstić information content (AvgIpc) is 3.23. The molecule has 0 bridgehead atoms. The van der Waals surface area contributed by atoms with E-state index in [-0.39, 0.29) is 5.91 Å². The molecule has 5 heteroatoms. The van der Waals surface area contributed by atoms with Crippen molar-refractivity contribution < 1.29 is 18.7 Å². The number of fused-ring (bicyclic) bond motifs is 1. The number of nitrogens with zero attached hydrogens (tertiary/aromatic N) is 1. The molecule has 0 aliphatic carbocycles. The number of amides is 1. The zero-order chi connectivity index (χ0) is 24.4. The van der Waals surface area contributed by atoms with E-state index < -0.39 is 0 Å². The predicted molar refractivity (Wildman–Crippen MR) is 137 cm³/mol. The van der Waals surface area contributed by atoms with Crippen LogP contribution in [0.1, 0.15) is 45.2 Å². The maximum absolute atomic E-state index is 13.1. The van der Waals surface area contributed by atoms with Gasteiger partial charge < -0.3 is 18.8 Å². The Morgan fingerprint density at radius 1 is 1.18 bits per heavy atom. The van der Waals surface area contributed by atoms with Crippen molar-refractivity contribution >= 4 is 22.4 Å². The van der Waals surface area contributed by atoms with Gasteiger partial charge in [-0.1, -0.05) is 26.0 Å². The molecule has 3 aromatic rings. The molecule has 2 aromatic carbocycles. The molecule has 180 valence electrons. The molecule has 1 aromatic heterocycles. The fraction of sp³-hybridized carbons (Fsp3) is 0.414. The SMILES string of the molecule is CCOc1ccc(-c2coc3c(C)c(OC)c(/C(C)=C/C(=O)N4CC(C)CC(C)C4)cc23)cc1. The van der Waals surface area contributed by atoms with Crippen molar-refractivity contribution in [2.75, 3.05) is 26.8 Å². The minimum absolute atomic E-state index is 0.0645. The molecule has 34 heavy (non-hydrogen) atoms. The topological polar surface area (TPSA) is 51.9 Å². The first-order chi connectivity index (χ1) is 16.3. The third kappa shape index (κ3) is 4.70. The highest BCUT2D eigenvalue weighted by molar-refractivity contribution is 6.01. The van der Waals surface area contributed by atoms with E-state index in [9.17, 15) is 4.79 Å². The number of hydrogen-bond donors (Lipinski definition) is 0. The van der Waals surface area contributed by atoms with Gasteiger partial charge >= 0.3 is 0 Å². The van der Waals surface area contributed by atoms with Gasteiger partial charge in [-0.3, -0.25) is 4.79 Å². The molecule has 0 radical (unpaired) electrons. The summed E-state index contributed by atoms with van der Waals surface area (Å²) in [5, 5.41) is 0.998. The molecular formula is C29H35NO4. The molecule has 1 aliphatic heterocycles. The van der Waals surface area contributed by atoms with Crippen LogP contribution in [-0.4, -0.2) is 37.6 Å². The summed E-state index contributed by atoms with van der Waals surface area (Å²) in [5.74, 6) is 2.70. The number of likely N-dealkylation sites (tertiary alicyclic amines) is 1. The summed E-state index contributed by atoms with van der Waals surface area (Å²) in [5.41, 5.74) is 5.56. The minimum Gasteiger partial charge on any atom is -0.496 e. The van der Waals surface area contributed by atoms with E-state index in [1.807, 2.05) is 49.9 Å². The van der Waals surface area contributed by atoms with Gasteiger partial charge in [0.25, 0.3) is 0 Å². The number of piperidine rings is 1. The summed E-state index contributed by atoms with van der Waals surface area (Å²) in [7, 11) is 1.66. The van der Waals surface area contributed by atoms with Gasteiger partial charge in [0.2, 0.25) is 5.91 Å². The lowest BCUT2D eigenvalue weighted by molar-refractivity contribution is -0.128. The normalized spacial score (nSPS) is 18.9. The lowest BCUT2D eigenvalue weighted by Gasteiger charge is -2.34. The molecule has 0 N–H and O–H groups in total. The number of ether oxygens (including phenoxy) is 2. The van der Waals surface area contributed by atoms with Crippen LogP contribution >= 0.6 is 0 Å². The highest BCUT2D eigenvalue weighted by atomic mass is 16.5. The number of allylic oxidation sites excluding steroid dienone is 1.